The van der Waals surface area contributed by atoms with E-state index in [2.05, 4.69) is 36.0 Å². The van der Waals surface area contributed by atoms with E-state index in [9.17, 15) is 13.2 Å². The molecular formula is C19H16BrF3N4. The second-order valence-electron chi connectivity index (χ2n) is 5.91. The Morgan fingerprint density at radius 1 is 1.15 bits per heavy atom. The van der Waals surface area contributed by atoms with Crippen molar-refractivity contribution in [1.82, 2.24) is 9.55 Å². The Labute approximate surface area is 162 Å². The lowest BCUT2D eigenvalue weighted by Crippen LogP contribution is -2.05. The van der Waals surface area contributed by atoms with Crippen LogP contribution >= 0.6 is 15.9 Å². The van der Waals surface area contributed by atoms with Crippen molar-refractivity contribution in [3.05, 3.63) is 75.6 Å². The molecule has 27 heavy (non-hydrogen) atoms. The molecule has 3 rings (SSSR count). The Balaban J connectivity index is 1.79. The van der Waals surface area contributed by atoms with Gasteiger partial charge in [-0.25, -0.2) is 4.98 Å². The highest BCUT2D eigenvalue weighted by Gasteiger charge is 2.30. The van der Waals surface area contributed by atoms with Crippen molar-refractivity contribution >= 4 is 28.0 Å². The molecule has 0 radical (unpaired) electrons. The molecule has 0 saturated carbocycles. The Bertz CT molecular complexity index is 976. The van der Waals surface area contributed by atoms with Gasteiger partial charge in [0.05, 0.1) is 17.5 Å². The van der Waals surface area contributed by atoms with E-state index < -0.39 is 11.7 Å². The van der Waals surface area contributed by atoms with Gasteiger partial charge in [-0.1, -0.05) is 12.1 Å². The topological polar surface area (TPSA) is 42.2 Å². The first-order valence-electron chi connectivity index (χ1n) is 8.03. The zero-order valence-electron chi connectivity index (χ0n) is 14.5. The van der Waals surface area contributed by atoms with E-state index in [0.29, 0.717) is 0 Å². The molecule has 0 bridgehead atoms. The Kier molecular flexibility index (Phi) is 5.36. The number of nitrogens with zero attached hydrogens (tertiary/aromatic N) is 3. The Hall–Kier alpha value is -2.61. The number of halogens is 4. The van der Waals surface area contributed by atoms with Gasteiger partial charge in [0.15, 0.2) is 0 Å². The molecule has 1 N–H and O–H groups in total. The van der Waals surface area contributed by atoms with Gasteiger partial charge in [-0.2, -0.15) is 18.3 Å². The normalized spacial score (nSPS) is 11.9. The summed E-state index contributed by atoms with van der Waals surface area (Å²) >= 11 is 3.56. The van der Waals surface area contributed by atoms with Crippen molar-refractivity contribution in [3.8, 4) is 5.69 Å². The summed E-state index contributed by atoms with van der Waals surface area (Å²) in [7, 11) is 0. The number of rotatable bonds is 4. The van der Waals surface area contributed by atoms with E-state index in [1.165, 1.54) is 6.07 Å². The molecule has 0 aliphatic rings. The van der Waals surface area contributed by atoms with Crippen molar-refractivity contribution in [3.63, 3.8) is 0 Å². The first kappa shape index (κ1) is 19.2. The molecule has 140 valence electrons. The second kappa shape index (κ2) is 7.56. The monoisotopic (exact) mass is 436 g/mol. The van der Waals surface area contributed by atoms with Crippen LogP contribution in [0.3, 0.4) is 0 Å². The number of aryl methyl sites for hydroxylation is 1. The van der Waals surface area contributed by atoms with E-state index in [-0.39, 0.29) is 5.82 Å². The van der Waals surface area contributed by atoms with Crippen LogP contribution in [-0.2, 0) is 6.18 Å². The molecule has 2 heterocycles. The average Bonchev–Trinajstić information content (AvgIpc) is 2.89. The minimum absolute atomic E-state index is 0.235. The van der Waals surface area contributed by atoms with E-state index in [1.54, 1.807) is 6.21 Å². The van der Waals surface area contributed by atoms with Crippen LogP contribution < -0.4 is 5.43 Å². The minimum atomic E-state index is -4.40. The van der Waals surface area contributed by atoms with E-state index in [1.807, 2.05) is 44.2 Å². The highest BCUT2D eigenvalue weighted by molar-refractivity contribution is 9.10. The number of anilines is 1. The number of benzene rings is 1. The van der Waals surface area contributed by atoms with Crippen LogP contribution in [0.15, 0.2) is 58.2 Å². The standard InChI is InChI=1S/C19H16BrF3N4/c1-12-9-14(13(2)27(12)17-6-4-3-5-16(17)20)10-25-26-18-8-7-15(11-24-18)19(21,22)23/h3-11H,1-2H3,(H,24,26)/b25-10-. The van der Waals surface area contributed by atoms with E-state index in [0.717, 1.165) is 39.4 Å². The summed E-state index contributed by atoms with van der Waals surface area (Å²) in [6, 6.07) is 12.1. The number of hydrogen-bond acceptors (Lipinski definition) is 3. The summed E-state index contributed by atoms with van der Waals surface area (Å²) in [6.07, 6.45) is -2.01. The molecule has 0 aliphatic carbocycles. The third-order valence-electron chi connectivity index (χ3n) is 4.04. The van der Waals surface area contributed by atoms with Gasteiger partial charge in [-0.3, -0.25) is 5.43 Å². The second-order valence-corrected chi connectivity index (χ2v) is 6.77. The molecule has 1 aromatic carbocycles. The van der Waals surface area contributed by atoms with Gasteiger partial charge in [0.1, 0.15) is 5.82 Å². The highest BCUT2D eigenvalue weighted by Crippen LogP contribution is 2.29. The van der Waals surface area contributed by atoms with Gasteiger partial charge < -0.3 is 4.57 Å². The maximum absolute atomic E-state index is 12.6. The van der Waals surface area contributed by atoms with Crippen LogP contribution in [0.2, 0.25) is 0 Å². The van der Waals surface area contributed by atoms with Crippen molar-refractivity contribution in [2.75, 3.05) is 5.43 Å². The fraction of sp³-hybridized carbons (Fsp3) is 0.158. The summed E-state index contributed by atoms with van der Waals surface area (Å²) in [4.78, 5) is 3.72. The number of hydrogen-bond donors (Lipinski definition) is 1. The van der Waals surface area contributed by atoms with Crippen LogP contribution in [0.25, 0.3) is 5.69 Å². The minimum Gasteiger partial charge on any atom is -0.317 e. The number of aromatic nitrogens is 2. The Morgan fingerprint density at radius 2 is 1.89 bits per heavy atom. The lowest BCUT2D eigenvalue weighted by atomic mass is 10.2. The van der Waals surface area contributed by atoms with Crippen molar-refractivity contribution in [2.45, 2.75) is 20.0 Å². The molecule has 0 unspecified atom stereocenters. The third kappa shape index (κ3) is 4.21. The largest absolute Gasteiger partial charge is 0.417 e. The van der Waals surface area contributed by atoms with Gasteiger partial charge in [0.25, 0.3) is 0 Å². The molecule has 3 aromatic rings. The summed E-state index contributed by atoms with van der Waals surface area (Å²) in [5, 5.41) is 4.09. The predicted molar refractivity (Wildman–Crippen MR) is 103 cm³/mol. The number of hydrazone groups is 1. The number of nitrogens with one attached hydrogen (secondary N) is 1. The number of alkyl halides is 3. The fourth-order valence-corrected chi connectivity index (χ4v) is 3.18. The summed E-state index contributed by atoms with van der Waals surface area (Å²) < 4.78 is 40.7. The maximum atomic E-state index is 12.6. The van der Waals surface area contributed by atoms with Crippen molar-refractivity contribution < 1.29 is 13.2 Å². The molecule has 0 fully saturated rings. The molecule has 0 aliphatic heterocycles. The molecule has 0 atom stereocenters. The lowest BCUT2D eigenvalue weighted by Gasteiger charge is -2.11. The van der Waals surface area contributed by atoms with E-state index in [4.69, 9.17) is 0 Å². The van der Waals surface area contributed by atoms with Crippen LogP contribution in [0, 0.1) is 13.8 Å². The molecule has 0 spiro atoms. The van der Waals surface area contributed by atoms with Gasteiger partial charge in [0.2, 0.25) is 0 Å². The maximum Gasteiger partial charge on any atom is 0.417 e. The number of para-hydroxylation sites is 1. The predicted octanol–water partition coefficient (Wildman–Crippen LogP) is 5.72. The van der Waals surface area contributed by atoms with Crippen LogP contribution in [0.1, 0.15) is 22.5 Å². The summed E-state index contributed by atoms with van der Waals surface area (Å²) in [5.41, 5.74) is 5.79. The fourth-order valence-electron chi connectivity index (χ4n) is 2.72. The van der Waals surface area contributed by atoms with Crippen LogP contribution in [0.5, 0.6) is 0 Å². The summed E-state index contributed by atoms with van der Waals surface area (Å²) in [6.45, 7) is 3.97. The van der Waals surface area contributed by atoms with Crippen molar-refractivity contribution in [1.29, 1.82) is 0 Å². The molecule has 0 amide bonds. The van der Waals surface area contributed by atoms with Gasteiger partial charge in [-0.05, 0) is 60.1 Å². The molecular weight excluding hydrogens is 421 g/mol. The van der Waals surface area contributed by atoms with Gasteiger partial charge >= 0.3 is 6.18 Å². The summed E-state index contributed by atoms with van der Waals surface area (Å²) in [5.74, 6) is 0.235. The smallest absolute Gasteiger partial charge is 0.317 e. The first-order valence-corrected chi connectivity index (χ1v) is 8.83. The molecule has 4 nitrogen and oxygen atoms in total. The van der Waals surface area contributed by atoms with E-state index >= 15 is 0 Å². The van der Waals surface area contributed by atoms with Gasteiger partial charge in [0, 0.05) is 27.6 Å². The van der Waals surface area contributed by atoms with Crippen LogP contribution in [0.4, 0.5) is 19.0 Å². The quantitative estimate of drug-likeness (QED) is 0.419. The Morgan fingerprint density at radius 3 is 2.52 bits per heavy atom. The third-order valence-corrected chi connectivity index (χ3v) is 4.71. The lowest BCUT2D eigenvalue weighted by molar-refractivity contribution is -0.137. The van der Waals surface area contributed by atoms with Gasteiger partial charge in [-0.15, -0.1) is 0 Å². The number of pyridine rings is 1. The SMILES string of the molecule is Cc1cc(/C=N\Nc2ccc(C(F)(F)F)cn2)c(C)n1-c1ccccc1Br. The zero-order valence-corrected chi connectivity index (χ0v) is 16.1. The molecule has 8 heteroatoms. The molecule has 0 saturated heterocycles. The van der Waals surface area contributed by atoms with Crippen LogP contribution in [-0.4, -0.2) is 15.8 Å². The highest BCUT2D eigenvalue weighted by atomic mass is 79.9. The average molecular weight is 437 g/mol. The molecule has 2 aromatic heterocycles. The van der Waals surface area contributed by atoms with Crippen molar-refractivity contribution in [2.24, 2.45) is 5.10 Å². The first-order chi connectivity index (χ1) is 12.8. The zero-order chi connectivity index (χ0) is 19.6.